The molecule has 4 rings (SSSR count). The number of pyridine rings is 2. The van der Waals surface area contributed by atoms with E-state index in [0.717, 1.165) is 28.6 Å². The molecule has 0 aliphatic heterocycles. The van der Waals surface area contributed by atoms with Crippen molar-refractivity contribution in [3.8, 4) is 22.4 Å². The molecule has 0 fully saturated rings. The highest BCUT2D eigenvalue weighted by atomic mass is 35.5. The highest BCUT2D eigenvalue weighted by molar-refractivity contribution is 7.91. The Hall–Kier alpha value is -3.11. The normalized spacial score (nSPS) is 12.9. The Morgan fingerprint density at radius 1 is 0.833 bits per heavy atom. The molecule has 36 heavy (non-hydrogen) atoms. The van der Waals surface area contributed by atoms with Crippen LogP contribution in [0.3, 0.4) is 0 Å². The molecule has 0 amide bonds. The maximum absolute atomic E-state index is 13.0. The first-order chi connectivity index (χ1) is 16.9. The monoisotopic (exact) mass is 542 g/mol. The van der Waals surface area contributed by atoms with Crippen molar-refractivity contribution < 1.29 is 21.9 Å². The zero-order valence-electron chi connectivity index (χ0n) is 19.5. The molecule has 4 aromatic rings. The van der Waals surface area contributed by atoms with Crippen LogP contribution in [0.5, 0.6) is 0 Å². The Kier molecular flexibility index (Phi) is 7.28. The Morgan fingerprint density at radius 3 is 2.03 bits per heavy atom. The summed E-state index contributed by atoms with van der Waals surface area (Å²) in [5, 5.41) is 10.9. The molecule has 2 aromatic heterocycles. The number of hydrogen-bond donors (Lipinski definition) is 1. The van der Waals surface area contributed by atoms with E-state index in [9.17, 15) is 21.9 Å². The SMILES string of the molecule is Cc1ccc(-c2ncc(Cl)cc2-c2ccc(S(=O)(=O)CC(O)c3ccc(S(C)(=O)=O)cc3)cc2)cn1. The molecule has 0 aliphatic rings. The van der Waals surface area contributed by atoms with Crippen molar-refractivity contribution in [1.82, 2.24) is 9.97 Å². The molecule has 0 radical (unpaired) electrons. The van der Waals surface area contributed by atoms with Gasteiger partial charge >= 0.3 is 0 Å². The summed E-state index contributed by atoms with van der Waals surface area (Å²) >= 11 is 6.20. The lowest BCUT2D eigenvalue weighted by Crippen LogP contribution is -2.15. The van der Waals surface area contributed by atoms with Gasteiger partial charge in [0.1, 0.15) is 0 Å². The Morgan fingerprint density at radius 2 is 1.44 bits per heavy atom. The van der Waals surface area contributed by atoms with Crippen molar-refractivity contribution in [2.24, 2.45) is 0 Å². The first kappa shape index (κ1) is 26.0. The van der Waals surface area contributed by atoms with Crippen LogP contribution in [-0.2, 0) is 19.7 Å². The zero-order valence-corrected chi connectivity index (χ0v) is 21.8. The van der Waals surface area contributed by atoms with E-state index in [-0.39, 0.29) is 9.79 Å². The molecular weight excluding hydrogens is 520 g/mol. The number of aliphatic hydroxyl groups is 1. The molecular formula is C26H23ClN2O5S2. The molecule has 7 nitrogen and oxygen atoms in total. The second-order valence-electron chi connectivity index (χ2n) is 8.40. The molecule has 1 unspecified atom stereocenters. The first-order valence-corrected chi connectivity index (χ1v) is 14.8. The van der Waals surface area contributed by atoms with E-state index in [0.29, 0.717) is 16.3 Å². The fourth-order valence-corrected chi connectivity index (χ4v) is 5.82. The predicted molar refractivity (Wildman–Crippen MR) is 139 cm³/mol. The quantitative estimate of drug-likeness (QED) is 0.360. The summed E-state index contributed by atoms with van der Waals surface area (Å²) in [6, 6.07) is 17.3. The first-order valence-electron chi connectivity index (χ1n) is 10.8. The lowest BCUT2D eigenvalue weighted by atomic mass is 10.0. The van der Waals surface area contributed by atoms with Gasteiger partial charge in [-0.15, -0.1) is 0 Å². The minimum absolute atomic E-state index is 0.0478. The summed E-state index contributed by atoms with van der Waals surface area (Å²) in [5.74, 6) is -0.552. The number of hydrogen-bond acceptors (Lipinski definition) is 7. The van der Waals surface area contributed by atoms with Crippen molar-refractivity contribution in [3.63, 3.8) is 0 Å². The van der Waals surface area contributed by atoms with Gasteiger partial charge < -0.3 is 5.11 Å². The average Bonchev–Trinajstić information content (AvgIpc) is 2.84. The lowest BCUT2D eigenvalue weighted by Gasteiger charge is -2.13. The van der Waals surface area contributed by atoms with Crippen LogP contribution in [0.2, 0.25) is 5.02 Å². The third-order valence-electron chi connectivity index (χ3n) is 5.63. The van der Waals surface area contributed by atoms with Crippen LogP contribution in [0.1, 0.15) is 17.4 Å². The van der Waals surface area contributed by atoms with Crippen LogP contribution >= 0.6 is 11.6 Å². The molecule has 186 valence electrons. The van der Waals surface area contributed by atoms with Crippen LogP contribution < -0.4 is 0 Å². The average molecular weight is 543 g/mol. The number of nitrogens with zero attached hydrogens (tertiary/aromatic N) is 2. The van der Waals surface area contributed by atoms with Gasteiger partial charge in [-0.3, -0.25) is 9.97 Å². The van der Waals surface area contributed by atoms with Gasteiger partial charge in [-0.05, 0) is 60.5 Å². The minimum atomic E-state index is -3.84. The van der Waals surface area contributed by atoms with E-state index < -0.39 is 31.5 Å². The highest BCUT2D eigenvalue weighted by Crippen LogP contribution is 2.33. The van der Waals surface area contributed by atoms with Crippen molar-refractivity contribution in [2.75, 3.05) is 12.0 Å². The van der Waals surface area contributed by atoms with Crippen LogP contribution in [0.25, 0.3) is 22.4 Å². The summed E-state index contributed by atoms with van der Waals surface area (Å²) in [4.78, 5) is 8.92. The molecule has 0 saturated carbocycles. The summed E-state index contributed by atoms with van der Waals surface area (Å²) in [6.07, 6.45) is 3.02. The molecule has 0 spiro atoms. The van der Waals surface area contributed by atoms with Crippen molar-refractivity contribution >= 4 is 31.3 Å². The zero-order chi connectivity index (χ0) is 26.1. The van der Waals surface area contributed by atoms with E-state index in [1.54, 1.807) is 30.6 Å². The van der Waals surface area contributed by atoms with Gasteiger partial charge in [0.25, 0.3) is 0 Å². The fraction of sp³-hybridized carbons (Fsp3) is 0.154. The predicted octanol–water partition coefficient (Wildman–Crippen LogP) is 4.68. The summed E-state index contributed by atoms with van der Waals surface area (Å²) in [5.41, 5.74) is 4.09. The molecule has 0 aliphatic carbocycles. The third kappa shape index (κ3) is 5.82. The number of benzene rings is 2. The number of sulfone groups is 2. The van der Waals surface area contributed by atoms with E-state index in [1.807, 2.05) is 19.1 Å². The van der Waals surface area contributed by atoms with Crippen LogP contribution in [0, 0.1) is 6.92 Å². The second-order valence-corrected chi connectivity index (χ2v) is 12.9. The van der Waals surface area contributed by atoms with Gasteiger partial charge in [0.05, 0.1) is 32.4 Å². The van der Waals surface area contributed by atoms with E-state index in [4.69, 9.17) is 11.6 Å². The number of aryl methyl sites for hydroxylation is 1. The largest absolute Gasteiger partial charge is 0.387 e. The van der Waals surface area contributed by atoms with Gasteiger partial charge in [0, 0.05) is 35.5 Å². The van der Waals surface area contributed by atoms with Gasteiger partial charge in [0.2, 0.25) is 0 Å². The molecule has 0 saturated heterocycles. The summed E-state index contributed by atoms with van der Waals surface area (Å²) in [6.45, 7) is 1.89. The van der Waals surface area contributed by atoms with Crippen molar-refractivity contribution in [3.05, 3.63) is 95.4 Å². The fourth-order valence-electron chi connectivity index (χ4n) is 3.68. The smallest absolute Gasteiger partial charge is 0.181 e. The van der Waals surface area contributed by atoms with Gasteiger partial charge in [-0.25, -0.2) is 16.8 Å². The van der Waals surface area contributed by atoms with Crippen molar-refractivity contribution in [1.29, 1.82) is 0 Å². The molecule has 10 heteroatoms. The molecule has 2 aromatic carbocycles. The topological polar surface area (TPSA) is 114 Å². The van der Waals surface area contributed by atoms with Gasteiger partial charge in [-0.2, -0.15) is 0 Å². The van der Waals surface area contributed by atoms with E-state index in [1.165, 1.54) is 36.4 Å². The number of rotatable bonds is 7. The maximum Gasteiger partial charge on any atom is 0.181 e. The second kappa shape index (κ2) is 10.1. The molecule has 1 N–H and O–H groups in total. The van der Waals surface area contributed by atoms with Crippen LogP contribution in [0.4, 0.5) is 0 Å². The molecule has 1 atom stereocenters. The maximum atomic E-state index is 13.0. The number of aliphatic hydroxyl groups excluding tert-OH is 1. The van der Waals surface area contributed by atoms with Crippen molar-refractivity contribution in [2.45, 2.75) is 22.8 Å². The van der Waals surface area contributed by atoms with Crippen LogP contribution in [-0.4, -0.2) is 43.9 Å². The van der Waals surface area contributed by atoms with Crippen LogP contribution in [0.15, 0.2) is 88.9 Å². The molecule has 0 bridgehead atoms. The molecule has 2 heterocycles. The summed E-state index contributed by atoms with van der Waals surface area (Å²) < 4.78 is 49.2. The number of aromatic nitrogens is 2. The van der Waals surface area contributed by atoms with E-state index in [2.05, 4.69) is 9.97 Å². The number of halogens is 1. The Labute approximate surface area is 215 Å². The third-order valence-corrected chi connectivity index (χ3v) is 8.71. The Bertz CT molecular complexity index is 1600. The summed E-state index contributed by atoms with van der Waals surface area (Å²) in [7, 11) is -7.23. The van der Waals surface area contributed by atoms with E-state index >= 15 is 0 Å². The van der Waals surface area contributed by atoms with Gasteiger partial charge in [0.15, 0.2) is 19.7 Å². The standard InChI is InChI=1S/C26H23ClN2O5S2/c1-17-3-4-20(14-28-17)26-24(13-21(27)15-29-26)18-5-11-23(12-6-18)36(33,34)16-25(30)19-7-9-22(10-8-19)35(2,31)32/h3-15,25,30H,16H2,1-2H3. The lowest BCUT2D eigenvalue weighted by molar-refractivity contribution is 0.201. The Balaban J connectivity index is 1.59. The minimum Gasteiger partial charge on any atom is -0.387 e. The highest BCUT2D eigenvalue weighted by Gasteiger charge is 2.22. The van der Waals surface area contributed by atoms with Gasteiger partial charge in [-0.1, -0.05) is 35.9 Å².